The normalized spacial score (nSPS) is 33.7. The largest absolute Gasteiger partial charge is 0.489 e. The van der Waals surface area contributed by atoms with E-state index in [4.69, 9.17) is 27.9 Å². The number of hydrogen-bond acceptors (Lipinski definition) is 2. The highest BCUT2D eigenvalue weighted by atomic mass is 35.5. The molecule has 0 aliphatic heterocycles. The lowest BCUT2D eigenvalue weighted by Gasteiger charge is -2.59. The SMILES string of the molecule is CC(C)Oc1c(Cl)cc(Cl)cc1CNC(C)C12CC3CC(CC(C3)C1)C2. The zero-order valence-corrected chi connectivity index (χ0v) is 17.7. The van der Waals surface area contributed by atoms with Crippen molar-refractivity contribution in [3.63, 3.8) is 0 Å². The maximum absolute atomic E-state index is 6.41. The van der Waals surface area contributed by atoms with Gasteiger partial charge in [-0.15, -0.1) is 0 Å². The average Bonchev–Trinajstić information content (AvgIpc) is 2.53. The van der Waals surface area contributed by atoms with Crippen molar-refractivity contribution >= 4 is 23.2 Å². The van der Waals surface area contributed by atoms with Crippen LogP contribution in [0.15, 0.2) is 12.1 Å². The van der Waals surface area contributed by atoms with Crippen LogP contribution in [0, 0.1) is 23.2 Å². The van der Waals surface area contributed by atoms with Crippen LogP contribution in [0.1, 0.15) is 64.9 Å². The Hall–Kier alpha value is -0.440. The molecule has 1 N–H and O–H groups in total. The van der Waals surface area contributed by atoms with Gasteiger partial charge in [-0.1, -0.05) is 23.2 Å². The van der Waals surface area contributed by atoms with Crippen molar-refractivity contribution in [2.24, 2.45) is 23.2 Å². The summed E-state index contributed by atoms with van der Waals surface area (Å²) in [5, 5.41) is 5.10. The molecule has 1 unspecified atom stereocenters. The summed E-state index contributed by atoms with van der Waals surface area (Å²) in [5.41, 5.74) is 1.56. The molecule has 0 spiro atoms. The van der Waals surface area contributed by atoms with E-state index in [1.54, 1.807) is 6.07 Å². The number of halogens is 2. The van der Waals surface area contributed by atoms with Crippen molar-refractivity contribution in [3.8, 4) is 5.75 Å². The summed E-state index contributed by atoms with van der Waals surface area (Å²) in [7, 11) is 0. The van der Waals surface area contributed by atoms with Gasteiger partial charge in [0.05, 0.1) is 11.1 Å². The van der Waals surface area contributed by atoms with Crippen LogP contribution in [0.5, 0.6) is 5.75 Å². The molecular weight excluding hydrogens is 365 g/mol. The summed E-state index contributed by atoms with van der Waals surface area (Å²) in [6.45, 7) is 7.20. The highest BCUT2D eigenvalue weighted by Gasteiger charge is 2.52. The van der Waals surface area contributed by atoms with Crippen molar-refractivity contribution in [2.45, 2.75) is 78.0 Å². The Balaban J connectivity index is 1.49. The molecule has 0 radical (unpaired) electrons. The van der Waals surface area contributed by atoms with Crippen LogP contribution in [-0.2, 0) is 6.54 Å². The molecule has 1 atom stereocenters. The molecule has 0 amide bonds. The molecule has 0 saturated heterocycles. The lowest BCUT2D eigenvalue weighted by Crippen LogP contribution is -2.54. The summed E-state index contributed by atoms with van der Waals surface area (Å²) < 4.78 is 5.98. The highest BCUT2D eigenvalue weighted by molar-refractivity contribution is 6.35. The summed E-state index contributed by atoms with van der Waals surface area (Å²) in [4.78, 5) is 0. The Morgan fingerprint density at radius 2 is 1.62 bits per heavy atom. The fourth-order valence-corrected chi connectivity index (χ4v) is 6.88. The Bertz CT molecular complexity index is 637. The fraction of sp³-hybridized carbons (Fsp3) is 0.727. The minimum Gasteiger partial charge on any atom is -0.489 e. The van der Waals surface area contributed by atoms with Crippen molar-refractivity contribution in [1.82, 2.24) is 5.32 Å². The highest BCUT2D eigenvalue weighted by Crippen LogP contribution is 2.61. The lowest BCUT2D eigenvalue weighted by atomic mass is 9.48. The molecule has 4 aliphatic rings. The minimum absolute atomic E-state index is 0.0907. The first-order chi connectivity index (χ1) is 12.3. The van der Waals surface area contributed by atoms with Crippen LogP contribution in [0.2, 0.25) is 10.0 Å². The van der Waals surface area contributed by atoms with Gasteiger partial charge in [0, 0.05) is 23.2 Å². The van der Waals surface area contributed by atoms with E-state index in [1.165, 1.54) is 38.5 Å². The third kappa shape index (κ3) is 3.62. The predicted molar refractivity (Wildman–Crippen MR) is 109 cm³/mol. The van der Waals surface area contributed by atoms with E-state index in [-0.39, 0.29) is 6.10 Å². The molecule has 4 fully saturated rings. The van der Waals surface area contributed by atoms with E-state index in [0.29, 0.717) is 21.5 Å². The number of benzene rings is 1. The van der Waals surface area contributed by atoms with Crippen LogP contribution >= 0.6 is 23.2 Å². The van der Waals surface area contributed by atoms with E-state index in [0.717, 1.165) is 35.6 Å². The van der Waals surface area contributed by atoms with Gasteiger partial charge in [-0.25, -0.2) is 0 Å². The lowest BCUT2D eigenvalue weighted by molar-refractivity contribution is -0.0707. The molecule has 5 rings (SSSR count). The summed E-state index contributed by atoms with van der Waals surface area (Å²) in [6.07, 6.45) is 8.80. The number of rotatable bonds is 6. The molecule has 4 heteroatoms. The van der Waals surface area contributed by atoms with Gasteiger partial charge in [-0.05, 0) is 94.6 Å². The molecule has 0 aromatic heterocycles. The molecule has 4 bridgehead atoms. The Morgan fingerprint density at radius 1 is 1.04 bits per heavy atom. The van der Waals surface area contributed by atoms with Crippen LogP contribution in [0.4, 0.5) is 0 Å². The van der Waals surface area contributed by atoms with Crippen LogP contribution in [0.3, 0.4) is 0 Å². The van der Waals surface area contributed by atoms with Gasteiger partial charge in [0.1, 0.15) is 5.75 Å². The van der Waals surface area contributed by atoms with E-state index in [1.807, 2.05) is 19.9 Å². The van der Waals surface area contributed by atoms with Gasteiger partial charge in [0.2, 0.25) is 0 Å². The van der Waals surface area contributed by atoms with Crippen molar-refractivity contribution < 1.29 is 4.74 Å². The Kier molecular flexibility index (Phi) is 5.22. The zero-order chi connectivity index (χ0) is 18.5. The minimum atomic E-state index is 0.0907. The Morgan fingerprint density at radius 3 is 2.15 bits per heavy atom. The standard InChI is InChI=1S/C22H31Cl2NO/c1-13(2)26-21-18(7-19(23)8-20(21)24)12-25-14(3)22-9-15-4-16(10-22)6-17(5-15)11-22/h7-8,13-17,25H,4-6,9-12H2,1-3H3. The molecule has 1 aromatic carbocycles. The quantitative estimate of drug-likeness (QED) is 0.595. The second-order valence-electron chi connectivity index (χ2n) is 9.42. The first kappa shape index (κ1) is 18.9. The molecule has 4 saturated carbocycles. The number of hydrogen-bond donors (Lipinski definition) is 1. The smallest absolute Gasteiger partial charge is 0.142 e. The molecule has 0 heterocycles. The van der Waals surface area contributed by atoms with Crippen LogP contribution in [-0.4, -0.2) is 12.1 Å². The zero-order valence-electron chi connectivity index (χ0n) is 16.2. The van der Waals surface area contributed by atoms with E-state index in [9.17, 15) is 0 Å². The predicted octanol–water partition coefficient (Wildman–Crippen LogP) is 6.48. The third-order valence-electron chi connectivity index (χ3n) is 7.04. The van der Waals surface area contributed by atoms with Crippen molar-refractivity contribution in [1.29, 1.82) is 0 Å². The summed E-state index contributed by atoms with van der Waals surface area (Å²) >= 11 is 12.7. The topological polar surface area (TPSA) is 21.3 Å². The van der Waals surface area contributed by atoms with Crippen LogP contribution in [0.25, 0.3) is 0 Å². The van der Waals surface area contributed by atoms with Gasteiger partial charge >= 0.3 is 0 Å². The maximum atomic E-state index is 6.41. The van der Waals surface area contributed by atoms with Crippen LogP contribution < -0.4 is 10.1 Å². The van der Waals surface area contributed by atoms with Gasteiger partial charge in [-0.2, -0.15) is 0 Å². The van der Waals surface area contributed by atoms with Gasteiger partial charge in [0.15, 0.2) is 0 Å². The molecule has 4 aliphatic carbocycles. The summed E-state index contributed by atoms with van der Waals surface area (Å²) in [6, 6.07) is 4.28. The van der Waals surface area contributed by atoms with E-state index >= 15 is 0 Å². The number of nitrogens with one attached hydrogen (secondary N) is 1. The summed E-state index contributed by atoms with van der Waals surface area (Å²) in [5.74, 6) is 3.71. The molecule has 2 nitrogen and oxygen atoms in total. The molecule has 26 heavy (non-hydrogen) atoms. The Labute approximate surface area is 168 Å². The van der Waals surface area contributed by atoms with Crippen molar-refractivity contribution in [2.75, 3.05) is 0 Å². The van der Waals surface area contributed by atoms with E-state index < -0.39 is 0 Å². The molecule has 1 aromatic rings. The first-order valence-electron chi connectivity index (χ1n) is 10.2. The molecular formula is C22H31Cl2NO. The van der Waals surface area contributed by atoms with E-state index in [2.05, 4.69) is 12.2 Å². The van der Waals surface area contributed by atoms with Crippen molar-refractivity contribution in [3.05, 3.63) is 27.7 Å². The second-order valence-corrected chi connectivity index (χ2v) is 10.3. The van der Waals surface area contributed by atoms with Gasteiger partial charge in [0.25, 0.3) is 0 Å². The fourth-order valence-electron chi connectivity index (χ4n) is 6.30. The maximum Gasteiger partial charge on any atom is 0.142 e. The molecule has 144 valence electrons. The number of ether oxygens (including phenoxy) is 1. The third-order valence-corrected chi connectivity index (χ3v) is 7.54. The van der Waals surface area contributed by atoms with Gasteiger partial charge < -0.3 is 10.1 Å². The first-order valence-corrected chi connectivity index (χ1v) is 11.0. The second kappa shape index (κ2) is 7.18. The average molecular weight is 396 g/mol. The van der Waals surface area contributed by atoms with Gasteiger partial charge in [-0.3, -0.25) is 0 Å². The monoisotopic (exact) mass is 395 g/mol.